The van der Waals surface area contributed by atoms with E-state index >= 15 is 0 Å². The molecule has 2 rings (SSSR count). The monoisotopic (exact) mass is 325 g/mol. The molecular formula is C20H27N3O. The fraction of sp³-hybridized carbons (Fsp3) is 0.400. The van der Waals surface area contributed by atoms with Gasteiger partial charge in [0, 0.05) is 23.8 Å². The first kappa shape index (κ1) is 18.0. The van der Waals surface area contributed by atoms with Crippen LogP contribution in [0.15, 0.2) is 47.6 Å². The Morgan fingerprint density at radius 2 is 1.96 bits per heavy atom. The van der Waals surface area contributed by atoms with Gasteiger partial charge in [0.25, 0.3) is 0 Å². The van der Waals surface area contributed by atoms with Crippen LogP contribution in [-0.4, -0.2) is 6.04 Å². The largest absolute Gasteiger partial charge is 0.399 e. The van der Waals surface area contributed by atoms with E-state index < -0.39 is 5.54 Å². The van der Waals surface area contributed by atoms with Gasteiger partial charge < -0.3 is 11.1 Å². The van der Waals surface area contributed by atoms with Crippen LogP contribution in [0.4, 0.5) is 11.4 Å². The first-order chi connectivity index (χ1) is 11.4. The second kappa shape index (κ2) is 7.47. The minimum Gasteiger partial charge on any atom is -0.399 e. The van der Waals surface area contributed by atoms with Crippen LogP contribution in [0.3, 0.4) is 0 Å². The normalized spacial score (nSPS) is 14.7. The van der Waals surface area contributed by atoms with E-state index in [0.29, 0.717) is 12.8 Å². The molecule has 0 aromatic heterocycles. The second-order valence-corrected chi connectivity index (χ2v) is 6.67. The van der Waals surface area contributed by atoms with Crippen LogP contribution in [0, 0.1) is 18.8 Å². The molecular weight excluding hydrogens is 298 g/mol. The summed E-state index contributed by atoms with van der Waals surface area (Å²) in [5.74, 6) is 0. The fourth-order valence-corrected chi connectivity index (χ4v) is 3.30. The third-order valence-electron chi connectivity index (χ3n) is 4.60. The number of aryl methyl sites for hydroxylation is 2. The number of hydrogen-bond donors (Lipinski definition) is 2. The number of nitrogen functional groups attached to an aromatic ring is 1. The summed E-state index contributed by atoms with van der Waals surface area (Å²) < 4.78 is 0. The lowest BCUT2D eigenvalue weighted by atomic mass is 9.80. The number of nitrogens with one attached hydrogen (secondary N) is 1. The average molecular weight is 325 g/mol. The lowest BCUT2D eigenvalue weighted by Crippen LogP contribution is -2.31. The van der Waals surface area contributed by atoms with E-state index in [2.05, 4.69) is 35.6 Å². The quantitative estimate of drug-likeness (QED) is 0.546. The topological polar surface area (TPSA) is 67.5 Å². The van der Waals surface area contributed by atoms with Crippen molar-refractivity contribution in [1.29, 1.82) is 0 Å². The van der Waals surface area contributed by atoms with Crippen molar-refractivity contribution in [1.82, 2.24) is 0 Å². The van der Waals surface area contributed by atoms with Crippen molar-refractivity contribution in [2.45, 2.75) is 52.1 Å². The van der Waals surface area contributed by atoms with Gasteiger partial charge in [-0.1, -0.05) is 41.9 Å². The first-order valence-corrected chi connectivity index (χ1v) is 8.44. The minimum absolute atomic E-state index is 0.0874. The maximum absolute atomic E-state index is 11.9. The number of nitrogens with two attached hydrogens (primary N) is 1. The zero-order valence-corrected chi connectivity index (χ0v) is 15.0. The highest BCUT2D eigenvalue weighted by Gasteiger charge is 2.35. The molecule has 0 fully saturated rings. The van der Waals surface area contributed by atoms with E-state index in [0.717, 1.165) is 28.1 Å². The van der Waals surface area contributed by atoms with Crippen molar-refractivity contribution in [3.05, 3.63) is 64.1 Å². The number of hydrogen-bond acceptors (Lipinski definition) is 4. The van der Waals surface area contributed by atoms with Crippen LogP contribution >= 0.6 is 0 Å². The molecule has 0 bridgehead atoms. The summed E-state index contributed by atoms with van der Waals surface area (Å²) in [6, 6.07) is 14.0. The second-order valence-electron chi connectivity index (χ2n) is 6.67. The molecule has 0 spiro atoms. The Kier molecular flexibility index (Phi) is 5.60. The molecule has 0 amide bonds. The molecule has 2 aromatic rings. The van der Waals surface area contributed by atoms with Crippen LogP contribution in [0.25, 0.3) is 0 Å². The van der Waals surface area contributed by atoms with Crippen molar-refractivity contribution >= 4 is 11.4 Å². The van der Waals surface area contributed by atoms with Crippen LogP contribution in [0.5, 0.6) is 0 Å². The molecule has 24 heavy (non-hydrogen) atoms. The molecule has 2 atom stereocenters. The molecule has 0 aliphatic carbocycles. The number of rotatable bonds is 7. The van der Waals surface area contributed by atoms with E-state index in [1.54, 1.807) is 0 Å². The van der Waals surface area contributed by atoms with Crippen molar-refractivity contribution < 1.29 is 0 Å². The number of nitrogens with zero attached hydrogens (tertiary/aromatic N) is 1. The summed E-state index contributed by atoms with van der Waals surface area (Å²) in [5.41, 5.74) is 10.1. The maximum atomic E-state index is 11.9. The van der Waals surface area contributed by atoms with Gasteiger partial charge in [-0.3, -0.25) is 0 Å². The third kappa shape index (κ3) is 3.94. The summed E-state index contributed by atoms with van der Waals surface area (Å²) in [6.07, 6.45) is 1.30. The predicted octanol–water partition coefficient (Wildman–Crippen LogP) is 5.15. The zero-order valence-electron chi connectivity index (χ0n) is 15.0. The van der Waals surface area contributed by atoms with Gasteiger partial charge in [0.05, 0.1) is 0 Å². The molecule has 4 heteroatoms. The van der Waals surface area contributed by atoms with Gasteiger partial charge in [-0.05, 0) is 56.5 Å². The van der Waals surface area contributed by atoms with E-state index in [4.69, 9.17) is 5.73 Å². The van der Waals surface area contributed by atoms with Crippen LogP contribution in [0.2, 0.25) is 0 Å². The van der Waals surface area contributed by atoms with Crippen molar-refractivity contribution in [3.63, 3.8) is 0 Å². The molecule has 4 nitrogen and oxygen atoms in total. The predicted molar refractivity (Wildman–Crippen MR) is 102 cm³/mol. The van der Waals surface area contributed by atoms with E-state index in [1.807, 2.05) is 45.0 Å². The van der Waals surface area contributed by atoms with Crippen molar-refractivity contribution in [2.75, 3.05) is 11.1 Å². The molecule has 0 aliphatic rings. The molecule has 0 radical (unpaired) electrons. The smallest absolute Gasteiger partial charge is 0.129 e. The van der Waals surface area contributed by atoms with E-state index in [-0.39, 0.29) is 6.04 Å². The SMILES string of the molecule is CCC(CC(C)Nc1cccc(N)c1)(N=O)c1cc(C)ccc1C. The van der Waals surface area contributed by atoms with Crippen molar-refractivity contribution in [3.8, 4) is 0 Å². The Balaban J connectivity index is 2.27. The van der Waals surface area contributed by atoms with Gasteiger partial charge in [-0.15, -0.1) is 4.91 Å². The molecule has 0 heterocycles. The van der Waals surface area contributed by atoms with Gasteiger partial charge in [0.15, 0.2) is 0 Å². The Morgan fingerprint density at radius 1 is 1.21 bits per heavy atom. The Hall–Kier alpha value is -2.36. The van der Waals surface area contributed by atoms with Gasteiger partial charge in [-0.2, -0.15) is 0 Å². The number of anilines is 2. The Bertz CT molecular complexity index is 714. The molecule has 3 N–H and O–H groups in total. The summed E-state index contributed by atoms with van der Waals surface area (Å²) >= 11 is 0. The molecule has 2 unspecified atom stereocenters. The molecule has 2 aromatic carbocycles. The van der Waals surface area contributed by atoms with Gasteiger partial charge in [0.1, 0.15) is 5.54 Å². The van der Waals surface area contributed by atoms with Gasteiger partial charge >= 0.3 is 0 Å². The van der Waals surface area contributed by atoms with Gasteiger partial charge in [-0.25, -0.2) is 0 Å². The highest BCUT2D eigenvalue weighted by atomic mass is 16.3. The lowest BCUT2D eigenvalue weighted by Gasteiger charge is -2.31. The van der Waals surface area contributed by atoms with Crippen LogP contribution < -0.4 is 11.1 Å². The highest BCUT2D eigenvalue weighted by molar-refractivity contribution is 5.54. The number of nitroso groups, excluding NO2 is 1. The Morgan fingerprint density at radius 3 is 2.58 bits per heavy atom. The standard InChI is InChI=1S/C20H27N3O/c1-5-20(23-24,19-11-14(2)9-10-15(19)3)13-16(4)22-18-8-6-7-17(21)12-18/h6-12,16,22H,5,13,21H2,1-4H3. The van der Waals surface area contributed by atoms with Crippen molar-refractivity contribution in [2.24, 2.45) is 5.18 Å². The van der Waals surface area contributed by atoms with Crippen LogP contribution in [0.1, 0.15) is 43.4 Å². The summed E-state index contributed by atoms with van der Waals surface area (Å²) in [7, 11) is 0. The summed E-state index contributed by atoms with van der Waals surface area (Å²) in [4.78, 5) is 11.9. The van der Waals surface area contributed by atoms with Crippen LogP contribution in [-0.2, 0) is 5.54 Å². The maximum Gasteiger partial charge on any atom is 0.129 e. The third-order valence-corrected chi connectivity index (χ3v) is 4.60. The van der Waals surface area contributed by atoms with Gasteiger partial charge in [0.2, 0.25) is 0 Å². The molecule has 128 valence electrons. The lowest BCUT2D eigenvalue weighted by molar-refractivity contribution is 0.373. The summed E-state index contributed by atoms with van der Waals surface area (Å²) in [5, 5.41) is 7.03. The zero-order chi connectivity index (χ0) is 17.7. The minimum atomic E-state index is -0.719. The molecule has 0 aliphatic heterocycles. The average Bonchev–Trinajstić information content (AvgIpc) is 2.55. The molecule has 0 saturated heterocycles. The molecule has 0 saturated carbocycles. The number of benzene rings is 2. The fourth-order valence-electron chi connectivity index (χ4n) is 3.30. The summed E-state index contributed by atoms with van der Waals surface area (Å²) in [6.45, 7) is 8.18. The Labute approximate surface area is 144 Å². The van der Waals surface area contributed by atoms with E-state index in [1.165, 1.54) is 0 Å². The first-order valence-electron chi connectivity index (χ1n) is 8.44. The highest BCUT2D eigenvalue weighted by Crippen LogP contribution is 2.37. The van der Waals surface area contributed by atoms with E-state index in [9.17, 15) is 4.91 Å².